The molecule has 1 aromatic heterocycles. The van der Waals surface area contributed by atoms with E-state index < -0.39 is 16.1 Å². The van der Waals surface area contributed by atoms with Crippen LogP contribution >= 0.6 is 0 Å². The zero-order valence-electron chi connectivity index (χ0n) is 20.4. The lowest BCUT2D eigenvalue weighted by atomic mass is 10.0. The maximum absolute atomic E-state index is 12.4. The fourth-order valence-electron chi connectivity index (χ4n) is 4.03. The molecule has 0 saturated carbocycles. The molecule has 9 heteroatoms. The molecule has 0 fully saturated rings. The first kappa shape index (κ1) is 25.0. The van der Waals surface area contributed by atoms with Gasteiger partial charge in [-0.25, -0.2) is 22.6 Å². The molecule has 2 amide bonds. The Kier molecular flexibility index (Phi) is 7.40. The number of rotatable bonds is 8. The van der Waals surface area contributed by atoms with Gasteiger partial charge in [-0.3, -0.25) is 0 Å². The van der Waals surface area contributed by atoms with Gasteiger partial charge in [-0.1, -0.05) is 48.5 Å². The Bertz CT molecular complexity index is 1460. The van der Waals surface area contributed by atoms with Gasteiger partial charge in [0, 0.05) is 23.9 Å². The highest BCUT2D eigenvalue weighted by Gasteiger charge is 2.18. The highest BCUT2D eigenvalue weighted by Crippen LogP contribution is 2.28. The number of nitrogens with zero attached hydrogens (tertiary/aromatic N) is 2. The zero-order chi connectivity index (χ0) is 25.7. The second kappa shape index (κ2) is 10.7. The molecule has 4 aromatic rings. The number of aromatic nitrogens is 2. The molecule has 1 heterocycles. The Hall–Kier alpha value is -4.11. The molecule has 186 valence electrons. The molecule has 0 aliphatic rings. The number of sulfonamides is 1. The third-order valence-electron chi connectivity index (χ3n) is 5.81. The van der Waals surface area contributed by atoms with Gasteiger partial charge in [-0.2, -0.15) is 5.10 Å². The van der Waals surface area contributed by atoms with Gasteiger partial charge in [-0.05, 0) is 55.7 Å². The minimum atomic E-state index is -4.00. The molecule has 0 aliphatic heterocycles. The van der Waals surface area contributed by atoms with Crippen molar-refractivity contribution >= 4 is 16.1 Å². The van der Waals surface area contributed by atoms with Gasteiger partial charge < -0.3 is 10.1 Å². The molecular weight excluding hydrogens is 476 g/mol. The number of hydrogen-bond donors (Lipinski definition) is 2. The lowest BCUT2D eigenvalue weighted by Gasteiger charge is -2.10. The molecule has 0 atom stereocenters. The molecule has 0 aliphatic carbocycles. The predicted molar refractivity (Wildman–Crippen MR) is 139 cm³/mol. The molecule has 0 unspecified atom stereocenters. The van der Waals surface area contributed by atoms with E-state index in [0.29, 0.717) is 12.2 Å². The van der Waals surface area contributed by atoms with Crippen LogP contribution in [0.15, 0.2) is 83.8 Å². The van der Waals surface area contributed by atoms with Crippen LogP contribution < -0.4 is 14.8 Å². The highest BCUT2D eigenvalue weighted by molar-refractivity contribution is 7.90. The zero-order valence-corrected chi connectivity index (χ0v) is 21.2. The van der Waals surface area contributed by atoms with Gasteiger partial charge in [0.2, 0.25) is 0 Å². The number of amides is 2. The number of carbonyl (C=O) groups excluding carboxylic acids is 1. The molecular formula is C27H28N4O4S. The van der Waals surface area contributed by atoms with Crippen LogP contribution in [0.5, 0.6) is 5.75 Å². The molecule has 0 radical (unpaired) electrons. The minimum Gasteiger partial charge on any atom is -0.497 e. The Morgan fingerprint density at radius 3 is 2.39 bits per heavy atom. The number of hydrogen-bond acceptors (Lipinski definition) is 5. The average molecular weight is 505 g/mol. The molecule has 36 heavy (non-hydrogen) atoms. The quantitative estimate of drug-likeness (QED) is 0.370. The smallest absolute Gasteiger partial charge is 0.328 e. The van der Waals surface area contributed by atoms with Crippen molar-refractivity contribution in [2.45, 2.75) is 25.2 Å². The van der Waals surface area contributed by atoms with E-state index in [1.165, 1.54) is 19.2 Å². The number of urea groups is 1. The summed E-state index contributed by atoms with van der Waals surface area (Å²) < 4.78 is 33.8. The van der Waals surface area contributed by atoms with Crippen LogP contribution in [0.25, 0.3) is 16.8 Å². The SMILES string of the molecule is COc1cccc(S(=O)(=O)NC(=O)NCCc2ccc(-n3nc(C)c(-c4ccccc4)c3C)cc2)c1. The molecule has 4 rings (SSSR count). The Labute approximate surface area is 211 Å². The van der Waals surface area contributed by atoms with Crippen LogP contribution in [-0.4, -0.2) is 37.9 Å². The summed E-state index contributed by atoms with van der Waals surface area (Å²) in [6.07, 6.45) is 0.541. The van der Waals surface area contributed by atoms with E-state index in [1.807, 2.05) is 58.8 Å². The number of methoxy groups -OCH3 is 1. The van der Waals surface area contributed by atoms with Gasteiger partial charge >= 0.3 is 6.03 Å². The summed E-state index contributed by atoms with van der Waals surface area (Å²) in [5.41, 5.74) is 6.21. The molecule has 0 spiro atoms. The second-order valence-electron chi connectivity index (χ2n) is 8.28. The first-order valence-corrected chi connectivity index (χ1v) is 12.9. The maximum atomic E-state index is 12.4. The van der Waals surface area contributed by atoms with Crippen LogP contribution in [0, 0.1) is 13.8 Å². The van der Waals surface area contributed by atoms with Gasteiger partial charge in [0.05, 0.1) is 23.4 Å². The summed E-state index contributed by atoms with van der Waals surface area (Å²) in [4.78, 5) is 12.1. The number of nitrogens with one attached hydrogen (secondary N) is 2. The van der Waals surface area contributed by atoms with Crippen molar-refractivity contribution in [3.8, 4) is 22.6 Å². The van der Waals surface area contributed by atoms with E-state index in [1.54, 1.807) is 12.1 Å². The molecule has 8 nitrogen and oxygen atoms in total. The lowest BCUT2D eigenvalue weighted by Crippen LogP contribution is -2.40. The van der Waals surface area contributed by atoms with Gasteiger partial charge in [0.1, 0.15) is 5.75 Å². The molecule has 0 saturated heterocycles. The lowest BCUT2D eigenvalue weighted by molar-refractivity contribution is 0.246. The summed E-state index contributed by atoms with van der Waals surface area (Å²) in [6, 6.07) is 23.2. The fourth-order valence-corrected chi connectivity index (χ4v) is 4.99. The summed E-state index contributed by atoms with van der Waals surface area (Å²) in [7, 11) is -2.56. The summed E-state index contributed by atoms with van der Waals surface area (Å²) >= 11 is 0. The molecule has 3 aromatic carbocycles. The van der Waals surface area contributed by atoms with Crippen molar-refractivity contribution in [3.63, 3.8) is 0 Å². The minimum absolute atomic E-state index is 0.0489. The molecule has 0 bridgehead atoms. The van der Waals surface area contributed by atoms with Crippen LogP contribution in [0.2, 0.25) is 0 Å². The van der Waals surface area contributed by atoms with Crippen LogP contribution in [0.4, 0.5) is 4.79 Å². The monoisotopic (exact) mass is 504 g/mol. The third-order valence-corrected chi connectivity index (χ3v) is 7.14. The van der Waals surface area contributed by atoms with Gasteiger partial charge in [-0.15, -0.1) is 0 Å². The van der Waals surface area contributed by atoms with E-state index in [9.17, 15) is 13.2 Å². The predicted octanol–water partition coefficient (Wildman–Crippen LogP) is 4.40. The number of carbonyl (C=O) groups is 1. The fraction of sp³-hybridized carbons (Fsp3) is 0.185. The Balaban J connectivity index is 1.35. The van der Waals surface area contributed by atoms with Gasteiger partial charge in [0.15, 0.2) is 0 Å². The van der Waals surface area contributed by atoms with Crippen molar-refractivity contribution in [2.24, 2.45) is 0 Å². The number of ether oxygens (including phenoxy) is 1. The Morgan fingerprint density at radius 2 is 1.69 bits per heavy atom. The largest absolute Gasteiger partial charge is 0.497 e. The maximum Gasteiger partial charge on any atom is 0.328 e. The normalized spacial score (nSPS) is 11.2. The van der Waals surface area contributed by atoms with E-state index in [0.717, 1.165) is 33.8 Å². The van der Waals surface area contributed by atoms with E-state index in [2.05, 4.69) is 24.4 Å². The van der Waals surface area contributed by atoms with Crippen molar-refractivity contribution in [1.82, 2.24) is 19.8 Å². The topological polar surface area (TPSA) is 102 Å². The van der Waals surface area contributed by atoms with Crippen LogP contribution in [-0.2, 0) is 16.4 Å². The van der Waals surface area contributed by atoms with Crippen molar-refractivity contribution in [2.75, 3.05) is 13.7 Å². The van der Waals surface area contributed by atoms with E-state index in [4.69, 9.17) is 9.84 Å². The number of benzene rings is 3. The van der Waals surface area contributed by atoms with Crippen molar-refractivity contribution in [3.05, 3.63) is 95.8 Å². The van der Waals surface area contributed by atoms with Crippen LogP contribution in [0.3, 0.4) is 0 Å². The van der Waals surface area contributed by atoms with E-state index >= 15 is 0 Å². The van der Waals surface area contributed by atoms with Crippen molar-refractivity contribution in [1.29, 1.82) is 0 Å². The Morgan fingerprint density at radius 1 is 0.972 bits per heavy atom. The summed E-state index contributed by atoms with van der Waals surface area (Å²) in [5, 5.41) is 7.32. The standard InChI is InChI=1S/C27H28N4O4S/c1-19-26(22-8-5-4-6-9-22)20(2)31(29-19)23-14-12-21(13-15-23)16-17-28-27(32)30-36(33,34)25-11-7-10-24(18-25)35-3/h4-15,18H,16-17H2,1-3H3,(H2,28,30,32). The first-order valence-electron chi connectivity index (χ1n) is 11.4. The van der Waals surface area contributed by atoms with Gasteiger partial charge in [0.25, 0.3) is 10.0 Å². The summed E-state index contributed by atoms with van der Waals surface area (Å²) in [5.74, 6) is 0.387. The van der Waals surface area contributed by atoms with E-state index in [-0.39, 0.29) is 11.4 Å². The third kappa shape index (κ3) is 5.58. The number of aryl methyl sites for hydroxylation is 1. The second-order valence-corrected chi connectivity index (χ2v) is 9.96. The highest BCUT2D eigenvalue weighted by atomic mass is 32.2. The summed E-state index contributed by atoms with van der Waals surface area (Å²) in [6.45, 7) is 4.33. The molecule has 2 N–H and O–H groups in total. The van der Waals surface area contributed by atoms with Crippen molar-refractivity contribution < 1.29 is 17.9 Å². The van der Waals surface area contributed by atoms with Crippen LogP contribution in [0.1, 0.15) is 17.0 Å². The average Bonchev–Trinajstić information content (AvgIpc) is 3.18. The first-order chi connectivity index (χ1) is 17.3.